The standard InChI is InChI=1S/C23H27NO6/c1-3-12-29-22(27)16-20(25)10-9-19(15-18-7-5-4-6-8-18)17(2)14-21(26)24-11-13-30-23(24)28/h3-8,14,19H,1,9-13,15-16H2,2H3/b17-14-. The van der Waals surface area contributed by atoms with Crippen LogP contribution in [0.4, 0.5) is 4.79 Å². The Kier molecular flexibility index (Phi) is 9.00. The van der Waals surface area contributed by atoms with E-state index >= 15 is 0 Å². The number of hydrogen-bond donors (Lipinski definition) is 0. The molecule has 0 bridgehead atoms. The van der Waals surface area contributed by atoms with Gasteiger partial charge in [0.25, 0.3) is 5.91 Å². The van der Waals surface area contributed by atoms with Crippen LogP contribution in [0.25, 0.3) is 0 Å². The Hall–Kier alpha value is -3.22. The zero-order chi connectivity index (χ0) is 21.9. The summed E-state index contributed by atoms with van der Waals surface area (Å²) in [4.78, 5) is 48.9. The number of ether oxygens (including phenoxy) is 2. The largest absolute Gasteiger partial charge is 0.461 e. The molecule has 1 aliphatic heterocycles. The van der Waals surface area contributed by atoms with Crippen molar-refractivity contribution in [3.05, 3.63) is 60.2 Å². The van der Waals surface area contributed by atoms with E-state index in [9.17, 15) is 19.2 Å². The van der Waals surface area contributed by atoms with Gasteiger partial charge >= 0.3 is 12.1 Å². The van der Waals surface area contributed by atoms with E-state index in [4.69, 9.17) is 9.47 Å². The van der Waals surface area contributed by atoms with Crippen molar-refractivity contribution in [3.8, 4) is 0 Å². The Morgan fingerprint density at radius 1 is 1.27 bits per heavy atom. The molecule has 2 amide bonds. The number of carbonyl (C=O) groups is 4. The van der Waals surface area contributed by atoms with Gasteiger partial charge in [0.05, 0.1) is 6.54 Å². The van der Waals surface area contributed by atoms with Gasteiger partial charge in [-0.1, -0.05) is 48.6 Å². The van der Waals surface area contributed by atoms with Crippen LogP contribution >= 0.6 is 0 Å². The molecule has 0 spiro atoms. The second-order valence-corrected chi connectivity index (χ2v) is 7.11. The third kappa shape index (κ3) is 7.31. The third-order valence-electron chi connectivity index (χ3n) is 4.82. The van der Waals surface area contributed by atoms with Crippen LogP contribution in [0.1, 0.15) is 31.7 Å². The van der Waals surface area contributed by atoms with Crippen LogP contribution in [0.2, 0.25) is 0 Å². The number of hydrogen-bond acceptors (Lipinski definition) is 6. The molecule has 160 valence electrons. The summed E-state index contributed by atoms with van der Waals surface area (Å²) in [6, 6.07) is 9.74. The number of ketones is 1. The van der Waals surface area contributed by atoms with Crippen molar-refractivity contribution >= 4 is 23.8 Å². The number of amides is 2. The number of benzene rings is 1. The molecule has 0 radical (unpaired) electrons. The lowest BCUT2D eigenvalue weighted by Gasteiger charge is -2.19. The van der Waals surface area contributed by atoms with Crippen LogP contribution in [0.3, 0.4) is 0 Å². The Balaban J connectivity index is 2.04. The third-order valence-corrected chi connectivity index (χ3v) is 4.82. The summed E-state index contributed by atoms with van der Waals surface area (Å²) >= 11 is 0. The summed E-state index contributed by atoms with van der Waals surface area (Å²) in [5.74, 6) is -1.31. The fourth-order valence-corrected chi connectivity index (χ4v) is 3.16. The van der Waals surface area contributed by atoms with E-state index in [1.807, 2.05) is 37.3 Å². The lowest BCUT2D eigenvalue weighted by molar-refractivity contribution is -0.145. The molecule has 1 aromatic carbocycles. The first-order valence-corrected chi connectivity index (χ1v) is 9.89. The molecule has 7 nitrogen and oxygen atoms in total. The van der Waals surface area contributed by atoms with E-state index in [0.717, 1.165) is 16.0 Å². The van der Waals surface area contributed by atoms with Crippen LogP contribution in [-0.4, -0.2) is 48.4 Å². The molecule has 0 N–H and O–H groups in total. The highest BCUT2D eigenvalue weighted by atomic mass is 16.6. The molecular formula is C23H27NO6. The number of allylic oxidation sites excluding steroid dienone is 1. The highest BCUT2D eigenvalue weighted by Crippen LogP contribution is 2.23. The predicted molar refractivity (Wildman–Crippen MR) is 110 cm³/mol. The van der Waals surface area contributed by atoms with Gasteiger partial charge < -0.3 is 9.47 Å². The van der Waals surface area contributed by atoms with Crippen molar-refractivity contribution in [1.29, 1.82) is 0 Å². The first-order chi connectivity index (χ1) is 14.4. The molecule has 0 aromatic heterocycles. The van der Waals surface area contributed by atoms with Gasteiger partial charge in [0, 0.05) is 12.5 Å². The quantitative estimate of drug-likeness (QED) is 0.239. The first kappa shape index (κ1) is 23.1. The molecule has 30 heavy (non-hydrogen) atoms. The van der Waals surface area contributed by atoms with Gasteiger partial charge in [0.2, 0.25) is 0 Å². The van der Waals surface area contributed by atoms with Crippen molar-refractivity contribution in [1.82, 2.24) is 4.90 Å². The van der Waals surface area contributed by atoms with Crippen LogP contribution in [-0.2, 0) is 30.3 Å². The average molecular weight is 413 g/mol. The van der Waals surface area contributed by atoms with E-state index in [2.05, 4.69) is 6.58 Å². The van der Waals surface area contributed by atoms with Crippen molar-refractivity contribution in [2.45, 2.75) is 32.6 Å². The van der Waals surface area contributed by atoms with Crippen molar-refractivity contribution in [2.75, 3.05) is 19.8 Å². The normalized spacial score (nSPS) is 14.8. The highest BCUT2D eigenvalue weighted by Gasteiger charge is 2.27. The summed E-state index contributed by atoms with van der Waals surface area (Å²) < 4.78 is 9.66. The lowest BCUT2D eigenvalue weighted by atomic mass is 9.87. The van der Waals surface area contributed by atoms with Crippen LogP contribution in [0.5, 0.6) is 0 Å². The Morgan fingerprint density at radius 2 is 2.00 bits per heavy atom. The molecule has 2 rings (SSSR count). The molecule has 1 saturated heterocycles. The maximum Gasteiger partial charge on any atom is 0.416 e. The average Bonchev–Trinajstić information content (AvgIpc) is 3.16. The van der Waals surface area contributed by atoms with Crippen LogP contribution < -0.4 is 0 Å². The number of cyclic esters (lactones) is 1. The highest BCUT2D eigenvalue weighted by molar-refractivity contribution is 5.99. The number of carbonyl (C=O) groups excluding carboxylic acids is 4. The van der Waals surface area contributed by atoms with Crippen LogP contribution in [0, 0.1) is 5.92 Å². The summed E-state index contributed by atoms with van der Waals surface area (Å²) in [5, 5.41) is 0. The lowest BCUT2D eigenvalue weighted by Crippen LogP contribution is -2.30. The first-order valence-electron chi connectivity index (χ1n) is 9.89. The zero-order valence-electron chi connectivity index (χ0n) is 17.2. The molecule has 1 unspecified atom stereocenters. The topological polar surface area (TPSA) is 90.0 Å². The van der Waals surface area contributed by atoms with E-state index in [1.54, 1.807) is 0 Å². The van der Waals surface area contributed by atoms with Gasteiger partial charge in [0.15, 0.2) is 0 Å². The molecule has 1 atom stereocenters. The van der Waals surface area contributed by atoms with Crippen molar-refractivity contribution in [3.63, 3.8) is 0 Å². The monoisotopic (exact) mass is 413 g/mol. The molecule has 0 saturated carbocycles. The van der Waals surface area contributed by atoms with Gasteiger partial charge in [-0.15, -0.1) is 0 Å². The van der Waals surface area contributed by atoms with E-state index in [-0.39, 0.29) is 44.3 Å². The van der Waals surface area contributed by atoms with Crippen LogP contribution in [0.15, 0.2) is 54.6 Å². The van der Waals surface area contributed by atoms with Gasteiger partial charge in [-0.25, -0.2) is 9.69 Å². The minimum atomic E-state index is -0.642. The maximum atomic E-state index is 12.4. The molecule has 0 aliphatic carbocycles. The Bertz CT molecular complexity index is 814. The second kappa shape index (κ2) is 11.7. The number of nitrogens with zero attached hydrogens (tertiary/aromatic N) is 1. The fraction of sp³-hybridized carbons (Fsp3) is 0.391. The molecule has 7 heteroatoms. The number of esters is 1. The smallest absolute Gasteiger partial charge is 0.416 e. The molecule has 1 aromatic rings. The Morgan fingerprint density at radius 3 is 2.63 bits per heavy atom. The van der Waals surface area contributed by atoms with Gasteiger partial charge in [-0.3, -0.25) is 14.4 Å². The summed E-state index contributed by atoms with van der Waals surface area (Å²) in [6.07, 6.45) is 3.25. The zero-order valence-corrected chi connectivity index (χ0v) is 17.2. The summed E-state index contributed by atoms with van der Waals surface area (Å²) in [7, 11) is 0. The molecular weight excluding hydrogens is 386 g/mol. The fourth-order valence-electron chi connectivity index (χ4n) is 3.16. The second-order valence-electron chi connectivity index (χ2n) is 7.11. The molecule has 1 heterocycles. The van der Waals surface area contributed by atoms with E-state index in [1.165, 1.54) is 12.2 Å². The maximum absolute atomic E-state index is 12.4. The molecule has 1 fully saturated rings. The van der Waals surface area contributed by atoms with Crippen molar-refractivity contribution in [2.24, 2.45) is 5.92 Å². The van der Waals surface area contributed by atoms with Crippen molar-refractivity contribution < 1.29 is 28.7 Å². The van der Waals surface area contributed by atoms with E-state index in [0.29, 0.717) is 12.8 Å². The van der Waals surface area contributed by atoms with Gasteiger partial charge in [-0.05, 0) is 31.2 Å². The number of rotatable bonds is 11. The number of imide groups is 1. The minimum absolute atomic E-state index is 0.0750. The van der Waals surface area contributed by atoms with Gasteiger partial charge in [-0.2, -0.15) is 0 Å². The Labute approximate surface area is 176 Å². The predicted octanol–water partition coefficient (Wildman–Crippen LogP) is 3.24. The molecule has 1 aliphatic rings. The SMILES string of the molecule is C=CCOC(=O)CC(=O)CCC(Cc1ccccc1)/C(C)=C\C(=O)N1CCOC1=O. The number of Topliss-reactive ketones (excluding diaryl/α,β-unsaturated/α-hetero) is 1. The summed E-state index contributed by atoms with van der Waals surface area (Å²) in [6.45, 7) is 5.78. The summed E-state index contributed by atoms with van der Waals surface area (Å²) in [5.41, 5.74) is 1.84. The van der Waals surface area contributed by atoms with E-state index < -0.39 is 18.0 Å². The minimum Gasteiger partial charge on any atom is -0.461 e. The van der Waals surface area contributed by atoms with Gasteiger partial charge in [0.1, 0.15) is 25.4 Å².